The molecule has 9 heteroatoms. The van der Waals surface area contributed by atoms with E-state index in [4.69, 9.17) is 4.42 Å². The molecule has 4 aromatic rings. The van der Waals surface area contributed by atoms with Crippen molar-refractivity contribution in [2.24, 2.45) is 0 Å². The van der Waals surface area contributed by atoms with Gasteiger partial charge in [-0.25, -0.2) is 4.98 Å². The summed E-state index contributed by atoms with van der Waals surface area (Å²) in [5, 5.41) is 9.40. The van der Waals surface area contributed by atoms with Gasteiger partial charge in [-0.1, -0.05) is 36.0 Å². The molecule has 148 valence electrons. The summed E-state index contributed by atoms with van der Waals surface area (Å²) in [4.78, 5) is 19.0. The van der Waals surface area contributed by atoms with E-state index in [0.717, 1.165) is 25.3 Å². The molecule has 2 aromatic heterocycles. The van der Waals surface area contributed by atoms with Crippen LogP contribution in [0.25, 0.3) is 21.7 Å². The molecule has 0 spiro atoms. The average molecular weight is 489 g/mol. The van der Waals surface area contributed by atoms with Gasteiger partial charge in [-0.2, -0.15) is 0 Å². The highest BCUT2D eigenvalue weighted by Gasteiger charge is 2.22. The zero-order valence-corrected chi connectivity index (χ0v) is 18.9. The van der Waals surface area contributed by atoms with E-state index in [1.165, 1.54) is 11.8 Å². The molecule has 0 aliphatic carbocycles. The Balaban J connectivity index is 1.40. The fourth-order valence-corrected chi connectivity index (χ4v) is 4.89. The smallest absolute Gasteiger partial charge is 0.277 e. The predicted octanol–water partition coefficient (Wildman–Crippen LogP) is 5.42. The van der Waals surface area contributed by atoms with E-state index >= 15 is 0 Å². The van der Waals surface area contributed by atoms with E-state index in [9.17, 15) is 4.79 Å². The molecule has 0 unspecified atom stereocenters. The first-order chi connectivity index (χ1) is 14.0. The summed E-state index contributed by atoms with van der Waals surface area (Å²) in [6.45, 7) is 1.98. The number of aromatic nitrogens is 3. The molecule has 0 saturated heterocycles. The van der Waals surface area contributed by atoms with Gasteiger partial charge in [0.2, 0.25) is 11.8 Å². The van der Waals surface area contributed by atoms with Crippen LogP contribution in [0.15, 0.2) is 62.6 Å². The number of hydrogen-bond acceptors (Lipinski definition) is 7. The Hall–Kier alpha value is -2.23. The maximum Gasteiger partial charge on any atom is 0.277 e. The summed E-state index contributed by atoms with van der Waals surface area (Å²) in [5.74, 6) is 0.606. The van der Waals surface area contributed by atoms with Crippen LogP contribution in [0.5, 0.6) is 0 Å². The lowest BCUT2D eigenvalue weighted by atomic mass is 10.2. The van der Waals surface area contributed by atoms with Crippen LogP contribution in [0.2, 0.25) is 0 Å². The van der Waals surface area contributed by atoms with E-state index in [1.54, 1.807) is 23.3 Å². The van der Waals surface area contributed by atoms with Crippen LogP contribution < -0.4 is 0 Å². The van der Waals surface area contributed by atoms with E-state index in [0.29, 0.717) is 11.1 Å². The van der Waals surface area contributed by atoms with Crippen molar-refractivity contribution >= 4 is 55.2 Å². The fraction of sp³-hybridized carbons (Fsp3) is 0.200. The van der Waals surface area contributed by atoms with E-state index < -0.39 is 0 Å². The van der Waals surface area contributed by atoms with Gasteiger partial charge in [-0.15, -0.1) is 21.5 Å². The van der Waals surface area contributed by atoms with Crippen molar-refractivity contribution in [1.29, 1.82) is 0 Å². The number of fused-ring (bicyclic) bond motifs is 1. The lowest BCUT2D eigenvalue weighted by molar-refractivity contribution is -0.128. The zero-order chi connectivity index (χ0) is 20.4. The number of benzene rings is 2. The SMILES string of the molecule is C[C@@H](c1nc2ccccc2s1)N(C)C(=O)CSc1nnc(-c2ccccc2Br)o1. The Bertz CT molecular complexity index is 1130. The molecule has 0 aliphatic rings. The number of thiazole rings is 1. The van der Waals surface area contributed by atoms with Crippen LogP contribution in [0.3, 0.4) is 0 Å². The average Bonchev–Trinajstić information content (AvgIpc) is 3.38. The topological polar surface area (TPSA) is 72.1 Å². The number of nitrogens with zero attached hydrogens (tertiary/aromatic N) is 4. The van der Waals surface area contributed by atoms with Gasteiger partial charge < -0.3 is 9.32 Å². The van der Waals surface area contributed by atoms with E-state index in [1.807, 2.05) is 55.5 Å². The molecule has 0 N–H and O–H groups in total. The second-order valence-electron chi connectivity index (χ2n) is 6.34. The Morgan fingerprint density at radius 3 is 2.76 bits per heavy atom. The van der Waals surface area contributed by atoms with Crippen LogP contribution in [0.4, 0.5) is 0 Å². The fourth-order valence-electron chi connectivity index (χ4n) is 2.69. The molecule has 1 atom stereocenters. The van der Waals surface area contributed by atoms with Crippen molar-refractivity contribution in [3.05, 3.63) is 58.0 Å². The Morgan fingerprint density at radius 1 is 1.21 bits per heavy atom. The summed E-state index contributed by atoms with van der Waals surface area (Å²) in [7, 11) is 1.79. The molecule has 4 rings (SSSR count). The van der Waals surface area contributed by atoms with Crippen molar-refractivity contribution in [1.82, 2.24) is 20.1 Å². The molecule has 2 aromatic carbocycles. The largest absolute Gasteiger partial charge is 0.411 e. The number of carbonyl (C=O) groups excluding carboxylic acids is 1. The first-order valence-electron chi connectivity index (χ1n) is 8.85. The van der Waals surface area contributed by atoms with Crippen molar-refractivity contribution in [3.63, 3.8) is 0 Å². The van der Waals surface area contributed by atoms with Crippen LogP contribution >= 0.6 is 39.0 Å². The number of para-hydroxylation sites is 1. The van der Waals surface area contributed by atoms with Crippen LogP contribution in [-0.4, -0.2) is 38.8 Å². The summed E-state index contributed by atoms with van der Waals surface area (Å²) >= 11 is 6.32. The highest BCUT2D eigenvalue weighted by atomic mass is 79.9. The third kappa shape index (κ3) is 4.36. The lowest BCUT2D eigenvalue weighted by Gasteiger charge is -2.22. The van der Waals surface area contributed by atoms with Crippen molar-refractivity contribution in [3.8, 4) is 11.5 Å². The van der Waals surface area contributed by atoms with Gasteiger partial charge in [0.15, 0.2) is 0 Å². The standard InChI is InChI=1S/C20H17BrN4O2S2/c1-12(19-22-15-9-5-6-10-16(15)29-19)25(2)17(26)11-28-20-24-23-18(27-20)13-7-3-4-8-14(13)21/h3-10,12H,11H2,1-2H3/t12-/m0/s1. The molecule has 0 aliphatic heterocycles. The number of amides is 1. The lowest BCUT2D eigenvalue weighted by Crippen LogP contribution is -2.31. The molecule has 0 saturated carbocycles. The molecule has 2 heterocycles. The molecule has 0 radical (unpaired) electrons. The van der Waals surface area contributed by atoms with Gasteiger partial charge in [-0.3, -0.25) is 4.79 Å². The van der Waals surface area contributed by atoms with Crippen LogP contribution in [0.1, 0.15) is 18.0 Å². The predicted molar refractivity (Wildman–Crippen MR) is 119 cm³/mol. The Kier molecular flexibility index (Phi) is 5.98. The van der Waals surface area contributed by atoms with E-state index in [2.05, 4.69) is 31.1 Å². The summed E-state index contributed by atoms with van der Waals surface area (Å²) in [6, 6.07) is 15.5. The minimum absolute atomic E-state index is 0.0256. The van der Waals surface area contributed by atoms with Crippen molar-refractivity contribution in [2.45, 2.75) is 18.2 Å². The third-order valence-electron chi connectivity index (χ3n) is 4.47. The van der Waals surface area contributed by atoms with Gasteiger partial charge in [0.1, 0.15) is 5.01 Å². The van der Waals surface area contributed by atoms with Crippen molar-refractivity contribution in [2.75, 3.05) is 12.8 Å². The van der Waals surface area contributed by atoms with Gasteiger partial charge in [0.25, 0.3) is 5.22 Å². The molecule has 6 nitrogen and oxygen atoms in total. The number of rotatable bonds is 6. The van der Waals surface area contributed by atoms with Gasteiger partial charge in [0.05, 0.1) is 27.6 Å². The summed E-state index contributed by atoms with van der Waals surface area (Å²) in [5.41, 5.74) is 1.78. The molecule has 0 fully saturated rings. The van der Waals surface area contributed by atoms with Gasteiger partial charge >= 0.3 is 0 Å². The van der Waals surface area contributed by atoms with Crippen LogP contribution in [0, 0.1) is 0 Å². The normalized spacial score (nSPS) is 12.2. The second kappa shape index (κ2) is 8.64. The molecule has 1 amide bonds. The minimum Gasteiger partial charge on any atom is -0.411 e. The summed E-state index contributed by atoms with van der Waals surface area (Å²) in [6.07, 6.45) is 0. The highest BCUT2D eigenvalue weighted by molar-refractivity contribution is 9.10. The minimum atomic E-state index is -0.112. The molecular formula is C20H17BrN4O2S2. The van der Waals surface area contributed by atoms with Gasteiger partial charge in [0, 0.05) is 11.5 Å². The Labute approximate surface area is 184 Å². The van der Waals surface area contributed by atoms with Crippen molar-refractivity contribution < 1.29 is 9.21 Å². The maximum atomic E-state index is 12.7. The molecule has 0 bridgehead atoms. The monoisotopic (exact) mass is 488 g/mol. The van der Waals surface area contributed by atoms with Crippen LogP contribution in [-0.2, 0) is 4.79 Å². The number of hydrogen-bond donors (Lipinski definition) is 0. The second-order valence-corrected chi connectivity index (χ2v) is 9.19. The first kappa shape index (κ1) is 20.1. The van der Waals surface area contributed by atoms with E-state index in [-0.39, 0.29) is 17.7 Å². The van der Waals surface area contributed by atoms with Gasteiger partial charge in [-0.05, 0) is 47.1 Å². The first-order valence-corrected chi connectivity index (χ1v) is 11.4. The number of carbonyl (C=O) groups is 1. The summed E-state index contributed by atoms with van der Waals surface area (Å²) < 4.78 is 7.69. The zero-order valence-electron chi connectivity index (χ0n) is 15.7. The number of thioether (sulfide) groups is 1. The quantitative estimate of drug-likeness (QED) is 0.337. The highest BCUT2D eigenvalue weighted by Crippen LogP contribution is 2.31. The molecular weight excluding hydrogens is 472 g/mol. The number of halogens is 1. The maximum absolute atomic E-state index is 12.7. The molecule has 29 heavy (non-hydrogen) atoms. The Morgan fingerprint density at radius 2 is 1.97 bits per heavy atom. The third-order valence-corrected chi connectivity index (χ3v) is 7.17.